The molecule has 0 unspecified atom stereocenters. The Morgan fingerprint density at radius 1 is 1.36 bits per heavy atom. The monoisotopic (exact) mass is 196 g/mol. The van der Waals surface area contributed by atoms with Crippen molar-refractivity contribution in [2.75, 3.05) is 0 Å². The summed E-state index contributed by atoms with van der Waals surface area (Å²) in [5, 5.41) is 19.1. The fourth-order valence-electron chi connectivity index (χ4n) is 1.76. The van der Waals surface area contributed by atoms with Crippen molar-refractivity contribution in [1.82, 2.24) is 0 Å². The number of hydrogen-bond acceptors (Lipinski definition) is 2. The molecule has 0 heterocycles. The fraction of sp³-hybridized carbons (Fsp3) is 0.667. The summed E-state index contributed by atoms with van der Waals surface area (Å²) >= 11 is 0. The summed E-state index contributed by atoms with van der Waals surface area (Å²) in [6.45, 7) is 10.2. The molecule has 80 valence electrons. The lowest BCUT2D eigenvalue weighted by atomic mass is 9.82. The van der Waals surface area contributed by atoms with Crippen LogP contribution >= 0.6 is 0 Å². The van der Waals surface area contributed by atoms with E-state index < -0.39 is 12.2 Å². The molecule has 1 saturated carbocycles. The maximum Gasteiger partial charge on any atom is 0.0811 e. The van der Waals surface area contributed by atoms with Crippen LogP contribution in [0.1, 0.15) is 33.6 Å². The molecule has 0 amide bonds. The van der Waals surface area contributed by atoms with Gasteiger partial charge in [-0.15, -0.1) is 0 Å². The van der Waals surface area contributed by atoms with Gasteiger partial charge in [0.2, 0.25) is 0 Å². The zero-order valence-corrected chi connectivity index (χ0v) is 9.25. The summed E-state index contributed by atoms with van der Waals surface area (Å²) in [7, 11) is 0. The van der Waals surface area contributed by atoms with Crippen molar-refractivity contribution in [2.24, 2.45) is 5.41 Å². The minimum atomic E-state index is -0.577. The van der Waals surface area contributed by atoms with E-state index in [1.54, 1.807) is 0 Å². The Labute approximate surface area is 86.0 Å². The number of allylic oxidation sites excluding steroid dienone is 1. The summed E-state index contributed by atoms with van der Waals surface area (Å²) in [5.74, 6) is 0. The van der Waals surface area contributed by atoms with Gasteiger partial charge in [-0.1, -0.05) is 33.4 Å². The fourth-order valence-corrected chi connectivity index (χ4v) is 1.76. The molecule has 0 aromatic carbocycles. The Hall–Kier alpha value is -0.600. The van der Waals surface area contributed by atoms with Gasteiger partial charge in [-0.2, -0.15) is 0 Å². The van der Waals surface area contributed by atoms with E-state index in [4.69, 9.17) is 0 Å². The van der Waals surface area contributed by atoms with Gasteiger partial charge in [-0.25, -0.2) is 0 Å². The van der Waals surface area contributed by atoms with Crippen molar-refractivity contribution in [2.45, 2.75) is 45.8 Å². The Balaban J connectivity index is 2.87. The van der Waals surface area contributed by atoms with E-state index in [1.807, 2.05) is 0 Å². The van der Waals surface area contributed by atoms with Crippen LogP contribution in [-0.2, 0) is 0 Å². The standard InChI is InChI=1S/C12H20O2/c1-8-9(7-12(2,3)4)5-10(13)6-11(8)14/h7,10-11,13-14H,1,5-6H2,2-4H3/b9-7-/t10-,11+/m0/s1. The van der Waals surface area contributed by atoms with Gasteiger partial charge in [0.15, 0.2) is 0 Å². The second-order valence-electron chi connectivity index (χ2n) is 5.17. The van der Waals surface area contributed by atoms with Gasteiger partial charge >= 0.3 is 0 Å². The molecule has 1 rings (SSSR count). The minimum absolute atomic E-state index is 0.0645. The van der Waals surface area contributed by atoms with E-state index in [9.17, 15) is 10.2 Å². The number of aliphatic hydroxyl groups is 2. The molecule has 0 bridgehead atoms. The van der Waals surface area contributed by atoms with Crippen LogP contribution in [0.3, 0.4) is 0 Å². The van der Waals surface area contributed by atoms with Gasteiger partial charge in [-0.05, 0) is 23.0 Å². The molecule has 0 aromatic heterocycles. The average Bonchev–Trinajstić information content (AvgIpc) is 1.96. The van der Waals surface area contributed by atoms with Crippen LogP contribution in [0.5, 0.6) is 0 Å². The van der Waals surface area contributed by atoms with Crippen LogP contribution in [0, 0.1) is 5.41 Å². The summed E-state index contributed by atoms with van der Waals surface area (Å²) in [6.07, 6.45) is 2.12. The lowest BCUT2D eigenvalue weighted by Gasteiger charge is -2.29. The molecule has 14 heavy (non-hydrogen) atoms. The number of hydrogen-bond donors (Lipinski definition) is 2. The highest BCUT2D eigenvalue weighted by Crippen LogP contribution is 2.31. The van der Waals surface area contributed by atoms with Crippen molar-refractivity contribution in [3.63, 3.8) is 0 Å². The normalized spacial score (nSPS) is 32.4. The van der Waals surface area contributed by atoms with E-state index in [1.165, 1.54) is 0 Å². The number of aliphatic hydroxyl groups excluding tert-OH is 2. The molecule has 2 N–H and O–H groups in total. The first-order chi connectivity index (χ1) is 6.29. The highest BCUT2D eigenvalue weighted by molar-refractivity contribution is 5.35. The molecular formula is C12H20O2. The average molecular weight is 196 g/mol. The Morgan fingerprint density at radius 3 is 2.43 bits per heavy atom. The molecule has 1 aliphatic carbocycles. The Kier molecular flexibility index (Phi) is 3.17. The molecule has 1 fully saturated rings. The topological polar surface area (TPSA) is 40.5 Å². The molecule has 0 saturated heterocycles. The molecule has 1 aliphatic rings. The van der Waals surface area contributed by atoms with Crippen molar-refractivity contribution < 1.29 is 10.2 Å². The third-order valence-corrected chi connectivity index (χ3v) is 2.37. The van der Waals surface area contributed by atoms with Crippen LogP contribution < -0.4 is 0 Å². The van der Waals surface area contributed by atoms with Gasteiger partial charge in [0.05, 0.1) is 12.2 Å². The lowest BCUT2D eigenvalue weighted by molar-refractivity contribution is 0.0858. The summed E-state index contributed by atoms with van der Waals surface area (Å²) in [5.41, 5.74) is 1.84. The summed E-state index contributed by atoms with van der Waals surface area (Å²) in [4.78, 5) is 0. The first-order valence-electron chi connectivity index (χ1n) is 5.06. The first-order valence-corrected chi connectivity index (χ1v) is 5.06. The third-order valence-electron chi connectivity index (χ3n) is 2.37. The van der Waals surface area contributed by atoms with Crippen LogP contribution in [-0.4, -0.2) is 22.4 Å². The van der Waals surface area contributed by atoms with E-state index in [2.05, 4.69) is 33.4 Å². The molecule has 0 aromatic rings. The molecule has 2 heteroatoms. The van der Waals surface area contributed by atoms with Crippen LogP contribution in [0.2, 0.25) is 0 Å². The molecule has 0 spiro atoms. The van der Waals surface area contributed by atoms with Crippen LogP contribution in [0.4, 0.5) is 0 Å². The van der Waals surface area contributed by atoms with Gasteiger partial charge in [0.25, 0.3) is 0 Å². The SMILES string of the molecule is C=C1/C(=C\C(C)(C)C)C[C@H](O)C[C@H]1O. The first kappa shape index (κ1) is 11.5. The largest absolute Gasteiger partial charge is 0.393 e. The summed E-state index contributed by atoms with van der Waals surface area (Å²) in [6, 6.07) is 0. The molecule has 2 atom stereocenters. The van der Waals surface area contributed by atoms with Crippen LogP contribution in [0.25, 0.3) is 0 Å². The molecule has 0 aliphatic heterocycles. The van der Waals surface area contributed by atoms with Gasteiger partial charge in [-0.3, -0.25) is 0 Å². The highest BCUT2D eigenvalue weighted by Gasteiger charge is 2.26. The van der Waals surface area contributed by atoms with E-state index >= 15 is 0 Å². The van der Waals surface area contributed by atoms with Gasteiger partial charge in [0.1, 0.15) is 0 Å². The Bertz CT molecular complexity index is 258. The van der Waals surface area contributed by atoms with E-state index in [-0.39, 0.29) is 5.41 Å². The van der Waals surface area contributed by atoms with Gasteiger partial charge in [0, 0.05) is 6.42 Å². The quantitative estimate of drug-likeness (QED) is 0.622. The van der Waals surface area contributed by atoms with Crippen LogP contribution in [0.15, 0.2) is 23.8 Å². The van der Waals surface area contributed by atoms with E-state index in [0.29, 0.717) is 12.8 Å². The smallest absolute Gasteiger partial charge is 0.0811 e. The van der Waals surface area contributed by atoms with Crippen molar-refractivity contribution in [3.05, 3.63) is 23.8 Å². The maximum absolute atomic E-state index is 9.61. The van der Waals surface area contributed by atoms with Crippen molar-refractivity contribution in [3.8, 4) is 0 Å². The molecular weight excluding hydrogens is 176 g/mol. The van der Waals surface area contributed by atoms with Gasteiger partial charge < -0.3 is 10.2 Å². The van der Waals surface area contributed by atoms with Crippen molar-refractivity contribution >= 4 is 0 Å². The number of rotatable bonds is 0. The Morgan fingerprint density at radius 2 is 1.93 bits per heavy atom. The molecule has 0 radical (unpaired) electrons. The lowest BCUT2D eigenvalue weighted by Crippen LogP contribution is -2.27. The minimum Gasteiger partial charge on any atom is -0.393 e. The van der Waals surface area contributed by atoms with E-state index in [0.717, 1.165) is 11.1 Å². The maximum atomic E-state index is 9.61. The second-order valence-corrected chi connectivity index (χ2v) is 5.17. The predicted molar refractivity (Wildman–Crippen MR) is 57.9 cm³/mol. The zero-order valence-electron chi connectivity index (χ0n) is 9.25. The summed E-state index contributed by atoms with van der Waals surface area (Å²) < 4.78 is 0. The zero-order chi connectivity index (χ0) is 10.9. The second kappa shape index (κ2) is 3.87. The molecule has 2 nitrogen and oxygen atoms in total. The third kappa shape index (κ3) is 2.96. The van der Waals surface area contributed by atoms with Crippen molar-refractivity contribution in [1.29, 1.82) is 0 Å². The highest BCUT2D eigenvalue weighted by atomic mass is 16.3. The predicted octanol–water partition coefficient (Wildman–Crippen LogP) is 2.03.